The zero-order valence-corrected chi connectivity index (χ0v) is 5.75. The van der Waals surface area contributed by atoms with Crippen LogP contribution in [0, 0.1) is 0 Å². The molecule has 5 atom stereocenters. The molecule has 2 heterocycles. The summed E-state index contributed by atoms with van der Waals surface area (Å²) in [6, 6.07) is 0. The molecule has 5 heteroatoms. The number of aliphatic hydroxyl groups is 3. The highest BCUT2D eigenvalue weighted by Crippen LogP contribution is 2.27. The molecule has 0 aromatic heterocycles. The largest absolute Gasteiger partial charge is 0.387 e. The van der Waals surface area contributed by atoms with Crippen molar-refractivity contribution in [2.75, 3.05) is 6.61 Å². The molecule has 1 unspecified atom stereocenters. The quantitative estimate of drug-likeness (QED) is 0.377. The Bertz CT molecular complexity index is 141. The fourth-order valence-electron chi connectivity index (χ4n) is 1.38. The lowest BCUT2D eigenvalue weighted by atomic mass is 10.0. The monoisotopic (exact) mass is 162 g/mol. The highest BCUT2D eigenvalue weighted by Gasteiger charge is 2.48. The molecule has 0 saturated carbocycles. The second-order valence-electron chi connectivity index (χ2n) is 2.85. The van der Waals surface area contributed by atoms with Crippen LogP contribution < -0.4 is 0 Å². The maximum atomic E-state index is 9.22. The summed E-state index contributed by atoms with van der Waals surface area (Å²) in [6.45, 7) is 0.236. The molecule has 2 fully saturated rings. The topological polar surface area (TPSA) is 79.2 Å². The van der Waals surface area contributed by atoms with Crippen molar-refractivity contribution in [3.05, 3.63) is 0 Å². The molecular weight excluding hydrogens is 152 g/mol. The molecule has 64 valence electrons. The minimum absolute atomic E-state index is 0.236. The number of rotatable bonds is 0. The van der Waals surface area contributed by atoms with Gasteiger partial charge in [-0.05, 0) is 0 Å². The van der Waals surface area contributed by atoms with Gasteiger partial charge in [-0.3, -0.25) is 0 Å². The van der Waals surface area contributed by atoms with Crippen molar-refractivity contribution >= 4 is 0 Å². The molecule has 2 bridgehead atoms. The smallest absolute Gasteiger partial charge is 0.186 e. The second-order valence-corrected chi connectivity index (χ2v) is 2.85. The van der Waals surface area contributed by atoms with Crippen LogP contribution >= 0.6 is 0 Å². The number of hydrogen-bond acceptors (Lipinski definition) is 5. The minimum Gasteiger partial charge on any atom is -0.387 e. The Morgan fingerprint density at radius 2 is 1.73 bits per heavy atom. The summed E-state index contributed by atoms with van der Waals surface area (Å²) in [5.41, 5.74) is 0. The molecule has 2 rings (SSSR count). The van der Waals surface area contributed by atoms with Crippen LogP contribution in [0.15, 0.2) is 0 Å². The zero-order valence-electron chi connectivity index (χ0n) is 5.75. The molecular formula is C6H10O5. The first-order chi connectivity index (χ1) is 5.20. The van der Waals surface area contributed by atoms with Gasteiger partial charge in [-0.15, -0.1) is 0 Å². The van der Waals surface area contributed by atoms with Crippen LogP contribution in [0.1, 0.15) is 0 Å². The lowest BCUT2D eigenvalue weighted by molar-refractivity contribution is -0.228. The van der Waals surface area contributed by atoms with Gasteiger partial charge in [0, 0.05) is 0 Å². The zero-order chi connectivity index (χ0) is 8.01. The maximum absolute atomic E-state index is 9.22. The molecule has 3 N–H and O–H groups in total. The Kier molecular flexibility index (Phi) is 1.62. The van der Waals surface area contributed by atoms with Crippen molar-refractivity contribution in [3.63, 3.8) is 0 Å². The van der Waals surface area contributed by atoms with Gasteiger partial charge in [0.25, 0.3) is 0 Å². The van der Waals surface area contributed by atoms with E-state index in [-0.39, 0.29) is 6.61 Å². The van der Waals surface area contributed by atoms with E-state index in [4.69, 9.17) is 14.6 Å². The van der Waals surface area contributed by atoms with Crippen molar-refractivity contribution in [1.82, 2.24) is 0 Å². The summed E-state index contributed by atoms with van der Waals surface area (Å²) >= 11 is 0. The van der Waals surface area contributed by atoms with Crippen molar-refractivity contribution in [2.24, 2.45) is 0 Å². The summed E-state index contributed by atoms with van der Waals surface area (Å²) in [4.78, 5) is 0. The average molecular weight is 162 g/mol. The fraction of sp³-hybridized carbons (Fsp3) is 1.00. The molecule has 0 aromatic carbocycles. The van der Waals surface area contributed by atoms with E-state index in [1.165, 1.54) is 0 Å². The van der Waals surface area contributed by atoms with Gasteiger partial charge in [0.05, 0.1) is 6.61 Å². The summed E-state index contributed by atoms with van der Waals surface area (Å²) in [5, 5.41) is 27.6. The minimum atomic E-state index is -1.15. The van der Waals surface area contributed by atoms with E-state index in [1.807, 2.05) is 0 Å². The molecule has 0 aromatic rings. The van der Waals surface area contributed by atoms with E-state index in [0.717, 1.165) is 0 Å². The van der Waals surface area contributed by atoms with Gasteiger partial charge in [-0.2, -0.15) is 0 Å². The first kappa shape index (κ1) is 7.45. The Morgan fingerprint density at radius 1 is 1.00 bits per heavy atom. The van der Waals surface area contributed by atoms with E-state index in [2.05, 4.69) is 0 Å². The van der Waals surface area contributed by atoms with Gasteiger partial charge in [0.1, 0.15) is 24.4 Å². The van der Waals surface area contributed by atoms with Crippen molar-refractivity contribution < 1.29 is 24.8 Å². The molecule has 0 spiro atoms. The maximum Gasteiger partial charge on any atom is 0.186 e. The molecule has 0 amide bonds. The number of hydrogen-bond donors (Lipinski definition) is 3. The van der Waals surface area contributed by atoms with Crippen LogP contribution in [0.2, 0.25) is 0 Å². The normalized spacial score (nSPS) is 56.5. The summed E-state index contributed by atoms with van der Waals surface area (Å²) in [6.07, 6.45) is -4.58. The van der Waals surface area contributed by atoms with Crippen LogP contribution in [0.5, 0.6) is 0 Å². The molecule has 0 radical (unpaired) electrons. The van der Waals surface area contributed by atoms with Gasteiger partial charge in [0.2, 0.25) is 0 Å². The van der Waals surface area contributed by atoms with E-state index >= 15 is 0 Å². The molecule has 11 heavy (non-hydrogen) atoms. The number of fused-ring (bicyclic) bond motifs is 2. The first-order valence-corrected chi connectivity index (χ1v) is 3.51. The highest BCUT2D eigenvalue weighted by molar-refractivity contribution is 4.92. The van der Waals surface area contributed by atoms with Crippen molar-refractivity contribution in [1.29, 1.82) is 0 Å². The first-order valence-electron chi connectivity index (χ1n) is 3.51. The van der Waals surface area contributed by atoms with Crippen molar-refractivity contribution in [3.8, 4) is 0 Å². The van der Waals surface area contributed by atoms with Gasteiger partial charge in [-0.25, -0.2) is 0 Å². The third-order valence-corrected chi connectivity index (χ3v) is 2.09. The molecule has 2 saturated heterocycles. The third-order valence-electron chi connectivity index (χ3n) is 2.09. The van der Waals surface area contributed by atoms with Crippen LogP contribution in [0.25, 0.3) is 0 Å². The lowest BCUT2D eigenvalue weighted by Crippen LogP contribution is -2.53. The second kappa shape index (κ2) is 2.40. The lowest BCUT2D eigenvalue weighted by Gasteiger charge is -2.32. The van der Waals surface area contributed by atoms with Gasteiger partial charge >= 0.3 is 0 Å². The number of aliphatic hydroxyl groups excluding tert-OH is 3. The van der Waals surface area contributed by atoms with Gasteiger partial charge in [0.15, 0.2) is 6.29 Å². The third kappa shape index (κ3) is 0.969. The summed E-state index contributed by atoms with van der Waals surface area (Å²) in [7, 11) is 0. The number of ether oxygens (including phenoxy) is 2. The van der Waals surface area contributed by atoms with Crippen LogP contribution in [0.4, 0.5) is 0 Å². The Labute approximate surface area is 63.2 Å². The van der Waals surface area contributed by atoms with Gasteiger partial charge in [-0.1, -0.05) is 0 Å². The highest BCUT2D eigenvalue weighted by atomic mass is 16.7. The van der Waals surface area contributed by atoms with Crippen LogP contribution in [0.3, 0.4) is 0 Å². The van der Waals surface area contributed by atoms with Gasteiger partial charge < -0.3 is 24.8 Å². The van der Waals surface area contributed by atoms with Crippen LogP contribution in [-0.4, -0.2) is 52.6 Å². The average Bonchev–Trinajstić information content (AvgIpc) is 2.44. The molecule has 2 aliphatic rings. The SMILES string of the molecule is O[C@@H]1[C@H](O)[C@H](O)C2OC[C@H]1O2. The van der Waals surface area contributed by atoms with Crippen LogP contribution in [-0.2, 0) is 9.47 Å². The molecule has 0 aliphatic carbocycles. The Hall–Kier alpha value is -0.200. The standard InChI is InChI=1S/C6H10O5/c7-3-2-1-10-6(11-2)5(9)4(3)8/h2-9H,1H2/t2-,3+,4+,5+,6?/m1/s1. The van der Waals surface area contributed by atoms with E-state index in [1.54, 1.807) is 0 Å². The molecule has 2 aliphatic heterocycles. The predicted molar refractivity (Wildman–Crippen MR) is 32.6 cm³/mol. The molecule has 5 nitrogen and oxygen atoms in total. The fourth-order valence-corrected chi connectivity index (χ4v) is 1.38. The van der Waals surface area contributed by atoms with E-state index < -0.39 is 30.7 Å². The Balaban J connectivity index is 2.16. The van der Waals surface area contributed by atoms with E-state index in [9.17, 15) is 10.2 Å². The van der Waals surface area contributed by atoms with E-state index in [0.29, 0.717) is 0 Å². The Morgan fingerprint density at radius 3 is 2.45 bits per heavy atom. The van der Waals surface area contributed by atoms with Crippen molar-refractivity contribution in [2.45, 2.75) is 30.7 Å². The predicted octanol–water partition coefficient (Wildman–Crippen LogP) is -2.18. The summed E-state index contributed by atoms with van der Waals surface area (Å²) < 4.78 is 9.95. The summed E-state index contributed by atoms with van der Waals surface area (Å²) in [5.74, 6) is 0.